The van der Waals surface area contributed by atoms with Crippen LogP contribution < -0.4 is 5.32 Å². The summed E-state index contributed by atoms with van der Waals surface area (Å²) in [7, 11) is 1.71. The van der Waals surface area contributed by atoms with Crippen LogP contribution in [-0.2, 0) is 11.2 Å². The van der Waals surface area contributed by atoms with Gasteiger partial charge in [0.1, 0.15) is 0 Å². The number of hydrogen-bond donors (Lipinski definition) is 1. The van der Waals surface area contributed by atoms with E-state index in [9.17, 15) is 9.59 Å². The molecule has 0 spiro atoms. The summed E-state index contributed by atoms with van der Waals surface area (Å²) in [4.78, 5) is 29.6. The van der Waals surface area contributed by atoms with Crippen molar-refractivity contribution in [1.82, 2.24) is 15.2 Å². The Morgan fingerprint density at radius 1 is 1.17 bits per heavy atom. The third-order valence-corrected chi connectivity index (χ3v) is 3.76. The Balaban J connectivity index is 1.80. The predicted molar refractivity (Wildman–Crippen MR) is 89.4 cm³/mol. The lowest BCUT2D eigenvalue weighted by molar-refractivity contribution is -0.128. The van der Waals surface area contributed by atoms with E-state index in [1.807, 2.05) is 12.1 Å². The molecule has 23 heavy (non-hydrogen) atoms. The van der Waals surface area contributed by atoms with E-state index < -0.39 is 0 Å². The maximum atomic E-state index is 12.1. The van der Waals surface area contributed by atoms with Crippen molar-refractivity contribution in [2.75, 3.05) is 20.1 Å². The van der Waals surface area contributed by atoms with Gasteiger partial charge in [-0.1, -0.05) is 23.7 Å². The topological polar surface area (TPSA) is 62.3 Å². The summed E-state index contributed by atoms with van der Waals surface area (Å²) in [5.41, 5.74) is 1.47. The molecule has 1 aromatic carbocycles. The molecule has 0 aliphatic carbocycles. The van der Waals surface area contributed by atoms with Gasteiger partial charge in [0, 0.05) is 26.0 Å². The smallest absolute Gasteiger partial charge is 0.253 e. The Bertz CT molecular complexity index is 677. The molecule has 1 heterocycles. The van der Waals surface area contributed by atoms with Gasteiger partial charge >= 0.3 is 0 Å². The van der Waals surface area contributed by atoms with E-state index in [-0.39, 0.29) is 18.4 Å². The van der Waals surface area contributed by atoms with Crippen LogP contribution in [0.1, 0.15) is 15.9 Å². The van der Waals surface area contributed by atoms with Crippen molar-refractivity contribution in [3.8, 4) is 0 Å². The van der Waals surface area contributed by atoms with E-state index in [2.05, 4.69) is 10.3 Å². The highest BCUT2D eigenvalue weighted by Crippen LogP contribution is 2.14. The van der Waals surface area contributed by atoms with Gasteiger partial charge in [0.2, 0.25) is 5.91 Å². The van der Waals surface area contributed by atoms with Crippen LogP contribution in [0.4, 0.5) is 0 Å². The van der Waals surface area contributed by atoms with Crippen LogP contribution in [0.15, 0.2) is 48.8 Å². The molecule has 0 aliphatic heterocycles. The molecule has 0 radical (unpaired) electrons. The summed E-state index contributed by atoms with van der Waals surface area (Å²) in [6, 6.07) is 10.6. The number of likely N-dealkylation sites (N-methyl/N-ethyl adjacent to an activating group) is 1. The second kappa shape index (κ2) is 8.29. The van der Waals surface area contributed by atoms with Crippen LogP contribution >= 0.6 is 11.6 Å². The van der Waals surface area contributed by atoms with E-state index in [0.717, 1.165) is 12.0 Å². The summed E-state index contributed by atoms with van der Waals surface area (Å²) in [5.74, 6) is -0.508. The van der Waals surface area contributed by atoms with Gasteiger partial charge < -0.3 is 10.2 Å². The number of rotatable bonds is 6. The van der Waals surface area contributed by atoms with E-state index in [0.29, 0.717) is 17.1 Å². The van der Waals surface area contributed by atoms with Crippen LogP contribution in [0.5, 0.6) is 0 Å². The van der Waals surface area contributed by atoms with Gasteiger partial charge in [-0.2, -0.15) is 0 Å². The standard InChI is InChI=1S/C17H18ClN3O2/c1-21(11-8-13-6-9-19-10-7-13)16(22)12-20-17(23)14-4-2-3-5-15(14)18/h2-7,9-10H,8,11-12H2,1H3,(H,20,23). The summed E-state index contributed by atoms with van der Waals surface area (Å²) in [5, 5.41) is 2.96. The Morgan fingerprint density at radius 2 is 1.87 bits per heavy atom. The largest absolute Gasteiger partial charge is 0.344 e. The second-order valence-electron chi connectivity index (χ2n) is 5.08. The molecule has 6 heteroatoms. The minimum atomic E-state index is -0.355. The first kappa shape index (κ1) is 17.0. The summed E-state index contributed by atoms with van der Waals surface area (Å²) >= 11 is 5.95. The van der Waals surface area contributed by atoms with Crippen LogP contribution in [0.25, 0.3) is 0 Å². The number of halogens is 1. The van der Waals surface area contributed by atoms with Crippen molar-refractivity contribution >= 4 is 23.4 Å². The van der Waals surface area contributed by atoms with Gasteiger partial charge in [0.25, 0.3) is 5.91 Å². The fourth-order valence-corrected chi connectivity index (χ4v) is 2.22. The molecule has 0 bridgehead atoms. The minimum Gasteiger partial charge on any atom is -0.344 e. The lowest BCUT2D eigenvalue weighted by Crippen LogP contribution is -2.39. The molecule has 0 fully saturated rings. The second-order valence-corrected chi connectivity index (χ2v) is 5.49. The SMILES string of the molecule is CN(CCc1ccncc1)C(=O)CNC(=O)c1ccccc1Cl. The number of amides is 2. The molecule has 0 saturated carbocycles. The molecule has 120 valence electrons. The van der Waals surface area contributed by atoms with E-state index in [4.69, 9.17) is 11.6 Å². The monoisotopic (exact) mass is 331 g/mol. The Kier molecular flexibility index (Phi) is 6.11. The number of nitrogens with zero attached hydrogens (tertiary/aromatic N) is 2. The zero-order valence-corrected chi connectivity index (χ0v) is 13.6. The zero-order valence-electron chi connectivity index (χ0n) is 12.8. The Labute approximate surface area is 140 Å². The molecule has 2 aromatic rings. The van der Waals surface area contributed by atoms with Crippen LogP contribution in [0.3, 0.4) is 0 Å². The minimum absolute atomic E-state index is 0.0586. The molecule has 5 nitrogen and oxygen atoms in total. The Morgan fingerprint density at radius 3 is 2.57 bits per heavy atom. The Hall–Kier alpha value is -2.40. The quantitative estimate of drug-likeness (QED) is 0.882. The van der Waals surface area contributed by atoms with Crippen molar-refractivity contribution in [3.05, 3.63) is 64.9 Å². The summed E-state index contributed by atoms with van der Waals surface area (Å²) in [6.07, 6.45) is 4.19. The molecule has 0 saturated heterocycles. The number of nitrogens with one attached hydrogen (secondary N) is 1. The van der Waals surface area contributed by atoms with Crippen molar-refractivity contribution in [2.45, 2.75) is 6.42 Å². The van der Waals surface area contributed by atoms with Crippen molar-refractivity contribution in [2.24, 2.45) is 0 Å². The summed E-state index contributed by atoms with van der Waals surface area (Å²) < 4.78 is 0. The van der Waals surface area contributed by atoms with Gasteiger partial charge in [-0.3, -0.25) is 14.6 Å². The van der Waals surface area contributed by atoms with Crippen LogP contribution in [0.2, 0.25) is 5.02 Å². The molecular weight excluding hydrogens is 314 g/mol. The predicted octanol–water partition coefficient (Wildman–Crippen LogP) is 2.17. The lowest BCUT2D eigenvalue weighted by atomic mass is 10.2. The first-order chi connectivity index (χ1) is 11.1. The zero-order chi connectivity index (χ0) is 16.7. The molecule has 1 N–H and O–H groups in total. The normalized spacial score (nSPS) is 10.2. The number of carbonyl (C=O) groups excluding carboxylic acids is 2. The number of benzene rings is 1. The highest BCUT2D eigenvalue weighted by atomic mass is 35.5. The van der Waals surface area contributed by atoms with Gasteiger partial charge in [-0.25, -0.2) is 0 Å². The van der Waals surface area contributed by atoms with Crippen LogP contribution in [-0.4, -0.2) is 41.8 Å². The van der Waals surface area contributed by atoms with Gasteiger partial charge in [0.15, 0.2) is 0 Å². The number of aromatic nitrogens is 1. The third-order valence-electron chi connectivity index (χ3n) is 3.43. The molecular formula is C17H18ClN3O2. The first-order valence-corrected chi connectivity index (χ1v) is 7.61. The van der Waals surface area contributed by atoms with E-state index >= 15 is 0 Å². The fourth-order valence-electron chi connectivity index (χ4n) is 2.00. The van der Waals surface area contributed by atoms with Gasteiger partial charge in [-0.15, -0.1) is 0 Å². The fraction of sp³-hybridized carbons (Fsp3) is 0.235. The molecule has 2 rings (SSSR count). The number of carbonyl (C=O) groups is 2. The number of hydrogen-bond acceptors (Lipinski definition) is 3. The van der Waals surface area contributed by atoms with Gasteiger partial charge in [0.05, 0.1) is 17.1 Å². The van der Waals surface area contributed by atoms with Crippen molar-refractivity contribution in [1.29, 1.82) is 0 Å². The van der Waals surface area contributed by atoms with Crippen LogP contribution in [0, 0.1) is 0 Å². The average molecular weight is 332 g/mol. The first-order valence-electron chi connectivity index (χ1n) is 7.23. The van der Waals surface area contributed by atoms with E-state index in [1.54, 1.807) is 48.6 Å². The third kappa shape index (κ3) is 5.07. The van der Waals surface area contributed by atoms with Crippen molar-refractivity contribution in [3.63, 3.8) is 0 Å². The molecule has 0 unspecified atom stereocenters. The maximum Gasteiger partial charge on any atom is 0.253 e. The summed E-state index contributed by atoms with van der Waals surface area (Å²) in [6.45, 7) is 0.516. The number of pyridine rings is 1. The van der Waals surface area contributed by atoms with E-state index in [1.165, 1.54) is 0 Å². The highest BCUT2D eigenvalue weighted by molar-refractivity contribution is 6.33. The molecule has 0 atom stereocenters. The molecule has 0 aliphatic rings. The highest BCUT2D eigenvalue weighted by Gasteiger charge is 2.13. The molecule has 2 amide bonds. The van der Waals surface area contributed by atoms with Gasteiger partial charge in [-0.05, 0) is 36.2 Å². The average Bonchev–Trinajstić information content (AvgIpc) is 2.58. The maximum absolute atomic E-state index is 12.1. The molecule has 1 aromatic heterocycles. The van der Waals surface area contributed by atoms with Crippen molar-refractivity contribution < 1.29 is 9.59 Å². The lowest BCUT2D eigenvalue weighted by Gasteiger charge is -2.17.